The molecule has 146 valence electrons. The van der Waals surface area contributed by atoms with Gasteiger partial charge >= 0.3 is 0 Å². The summed E-state index contributed by atoms with van der Waals surface area (Å²) in [6.45, 7) is 14.7. The molecule has 0 amide bonds. The van der Waals surface area contributed by atoms with Crippen molar-refractivity contribution in [2.45, 2.75) is 53.5 Å². The van der Waals surface area contributed by atoms with Crippen LogP contribution in [-0.2, 0) is 6.54 Å². The van der Waals surface area contributed by atoms with E-state index < -0.39 is 0 Å². The van der Waals surface area contributed by atoms with Gasteiger partial charge in [-0.2, -0.15) is 0 Å². The van der Waals surface area contributed by atoms with Crippen LogP contribution in [0.4, 0.5) is 0 Å². The quantitative estimate of drug-likeness (QED) is 0.225. The molecule has 0 saturated carbocycles. The van der Waals surface area contributed by atoms with E-state index in [2.05, 4.69) is 53.3 Å². The molecule has 0 aliphatic carbocycles. The standard InChI is InChI=1S/C18H35N5S.HI/c1-6-11-23(12-7-2)13-9-10-20-18(19-8-3)22(5)14-17-15-24-16(4)21-17;/h15H,6-14H2,1-5H3,(H,19,20);1H. The van der Waals surface area contributed by atoms with Crippen molar-refractivity contribution in [3.05, 3.63) is 16.1 Å². The molecule has 0 spiro atoms. The molecule has 1 aromatic heterocycles. The number of aryl methyl sites for hydroxylation is 1. The highest BCUT2D eigenvalue weighted by Gasteiger charge is 2.08. The van der Waals surface area contributed by atoms with Crippen LogP contribution in [0.3, 0.4) is 0 Å². The Morgan fingerprint density at radius 1 is 1.20 bits per heavy atom. The fraction of sp³-hybridized carbons (Fsp3) is 0.778. The van der Waals surface area contributed by atoms with Gasteiger partial charge in [0.2, 0.25) is 0 Å². The van der Waals surface area contributed by atoms with E-state index in [0.29, 0.717) is 0 Å². The Labute approximate surface area is 175 Å². The Morgan fingerprint density at radius 3 is 2.40 bits per heavy atom. The summed E-state index contributed by atoms with van der Waals surface area (Å²) < 4.78 is 0. The van der Waals surface area contributed by atoms with E-state index in [0.717, 1.165) is 49.3 Å². The minimum absolute atomic E-state index is 0. The van der Waals surface area contributed by atoms with E-state index in [4.69, 9.17) is 4.99 Å². The predicted molar refractivity (Wildman–Crippen MR) is 121 cm³/mol. The number of hydrogen-bond donors (Lipinski definition) is 1. The van der Waals surface area contributed by atoms with Crippen LogP contribution in [0.2, 0.25) is 0 Å². The van der Waals surface area contributed by atoms with E-state index in [1.54, 1.807) is 11.3 Å². The number of rotatable bonds is 11. The fourth-order valence-corrected chi connectivity index (χ4v) is 3.32. The van der Waals surface area contributed by atoms with Gasteiger partial charge in [0.1, 0.15) is 0 Å². The summed E-state index contributed by atoms with van der Waals surface area (Å²) in [5, 5.41) is 6.63. The minimum atomic E-state index is 0. The first-order valence-corrected chi connectivity index (χ1v) is 10.1. The molecule has 1 N–H and O–H groups in total. The lowest BCUT2D eigenvalue weighted by atomic mass is 10.3. The zero-order valence-corrected chi connectivity index (χ0v) is 19.7. The van der Waals surface area contributed by atoms with Crippen molar-refractivity contribution in [1.29, 1.82) is 0 Å². The van der Waals surface area contributed by atoms with Crippen molar-refractivity contribution >= 4 is 41.3 Å². The number of aromatic nitrogens is 1. The van der Waals surface area contributed by atoms with Gasteiger partial charge in [0.15, 0.2) is 5.96 Å². The predicted octanol–water partition coefficient (Wildman–Crippen LogP) is 3.98. The first-order valence-electron chi connectivity index (χ1n) is 9.23. The Balaban J connectivity index is 0.00000576. The minimum Gasteiger partial charge on any atom is -0.357 e. The Hall–Kier alpha value is -0.410. The molecule has 25 heavy (non-hydrogen) atoms. The maximum atomic E-state index is 4.79. The van der Waals surface area contributed by atoms with Gasteiger partial charge in [-0.3, -0.25) is 4.99 Å². The van der Waals surface area contributed by atoms with Crippen LogP contribution in [0, 0.1) is 6.92 Å². The second-order valence-electron chi connectivity index (χ2n) is 6.14. The van der Waals surface area contributed by atoms with Crippen molar-refractivity contribution in [3.8, 4) is 0 Å². The van der Waals surface area contributed by atoms with Gasteiger partial charge in [0.25, 0.3) is 0 Å². The molecule has 0 aromatic carbocycles. The van der Waals surface area contributed by atoms with Crippen molar-refractivity contribution in [2.24, 2.45) is 4.99 Å². The summed E-state index contributed by atoms with van der Waals surface area (Å²) in [7, 11) is 2.08. The molecule has 0 aliphatic heterocycles. The van der Waals surface area contributed by atoms with Crippen molar-refractivity contribution < 1.29 is 0 Å². The van der Waals surface area contributed by atoms with Gasteiger partial charge in [-0.05, 0) is 52.7 Å². The number of guanidine groups is 1. The summed E-state index contributed by atoms with van der Waals surface area (Å²) in [6, 6.07) is 0. The molecule has 1 heterocycles. The number of nitrogens with zero attached hydrogens (tertiary/aromatic N) is 4. The number of nitrogens with one attached hydrogen (secondary N) is 1. The number of thiazole rings is 1. The molecule has 0 radical (unpaired) electrons. The Kier molecular flexibility index (Phi) is 14.5. The Morgan fingerprint density at radius 2 is 1.88 bits per heavy atom. The lowest BCUT2D eigenvalue weighted by Gasteiger charge is -2.22. The third-order valence-corrected chi connectivity index (χ3v) is 4.56. The first kappa shape index (κ1) is 24.6. The largest absolute Gasteiger partial charge is 0.357 e. The van der Waals surface area contributed by atoms with E-state index in [1.165, 1.54) is 25.9 Å². The fourth-order valence-electron chi connectivity index (χ4n) is 2.72. The molecule has 0 fully saturated rings. The lowest BCUT2D eigenvalue weighted by molar-refractivity contribution is 0.273. The zero-order chi connectivity index (χ0) is 17.8. The number of halogens is 1. The van der Waals surface area contributed by atoms with Crippen LogP contribution in [0.15, 0.2) is 10.4 Å². The van der Waals surface area contributed by atoms with Gasteiger partial charge in [-0.15, -0.1) is 35.3 Å². The van der Waals surface area contributed by atoms with E-state index in [-0.39, 0.29) is 24.0 Å². The zero-order valence-electron chi connectivity index (χ0n) is 16.5. The molecule has 0 unspecified atom stereocenters. The molecule has 0 saturated heterocycles. The topological polar surface area (TPSA) is 43.8 Å². The summed E-state index contributed by atoms with van der Waals surface area (Å²) in [4.78, 5) is 14.0. The Bertz CT molecular complexity index is 472. The van der Waals surface area contributed by atoms with Crippen LogP contribution in [0.5, 0.6) is 0 Å². The normalized spacial score (nSPS) is 11.5. The molecule has 0 aliphatic rings. The third kappa shape index (κ3) is 10.4. The van der Waals surface area contributed by atoms with Crippen molar-refractivity contribution in [1.82, 2.24) is 20.1 Å². The van der Waals surface area contributed by atoms with Crippen molar-refractivity contribution in [2.75, 3.05) is 39.8 Å². The van der Waals surface area contributed by atoms with E-state index >= 15 is 0 Å². The van der Waals surface area contributed by atoms with Gasteiger partial charge in [-0.1, -0.05) is 13.8 Å². The second kappa shape index (κ2) is 14.7. The van der Waals surface area contributed by atoms with E-state index in [1.807, 2.05) is 6.92 Å². The maximum absolute atomic E-state index is 4.79. The van der Waals surface area contributed by atoms with Crippen LogP contribution >= 0.6 is 35.3 Å². The monoisotopic (exact) mass is 481 g/mol. The maximum Gasteiger partial charge on any atom is 0.194 e. The third-order valence-electron chi connectivity index (χ3n) is 3.74. The molecular formula is C18H36IN5S. The second-order valence-corrected chi connectivity index (χ2v) is 7.21. The number of aliphatic imine (C=N–C) groups is 1. The van der Waals surface area contributed by atoms with Gasteiger partial charge < -0.3 is 15.1 Å². The highest BCUT2D eigenvalue weighted by Crippen LogP contribution is 2.09. The smallest absolute Gasteiger partial charge is 0.194 e. The highest BCUT2D eigenvalue weighted by molar-refractivity contribution is 14.0. The molecule has 0 atom stereocenters. The molecule has 7 heteroatoms. The summed E-state index contributed by atoms with van der Waals surface area (Å²) in [5.41, 5.74) is 1.11. The lowest BCUT2D eigenvalue weighted by Crippen LogP contribution is -2.38. The average Bonchev–Trinajstić information content (AvgIpc) is 2.95. The highest BCUT2D eigenvalue weighted by atomic mass is 127. The molecule has 0 bridgehead atoms. The number of hydrogen-bond acceptors (Lipinski definition) is 4. The van der Waals surface area contributed by atoms with Crippen LogP contribution < -0.4 is 5.32 Å². The van der Waals surface area contributed by atoms with E-state index in [9.17, 15) is 0 Å². The van der Waals surface area contributed by atoms with Gasteiger partial charge in [0.05, 0.1) is 17.2 Å². The molecule has 1 rings (SSSR count). The van der Waals surface area contributed by atoms with Crippen molar-refractivity contribution in [3.63, 3.8) is 0 Å². The molecule has 5 nitrogen and oxygen atoms in total. The van der Waals surface area contributed by atoms with Gasteiger partial charge in [0, 0.05) is 25.5 Å². The first-order chi connectivity index (χ1) is 11.6. The summed E-state index contributed by atoms with van der Waals surface area (Å²) in [5.74, 6) is 0.973. The van der Waals surface area contributed by atoms with Crippen LogP contribution in [0.25, 0.3) is 0 Å². The van der Waals surface area contributed by atoms with Gasteiger partial charge in [-0.25, -0.2) is 4.98 Å². The molecule has 1 aromatic rings. The summed E-state index contributed by atoms with van der Waals surface area (Å²) in [6.07, 6.45) is 3.56. The van der Waals surface area contributed by atoms with Crippen LogP contribution in [0.1, 0.15) is 50.7 Å². The SMILES string of the molecule is CCCN(CCC)CCCN=C(NCC)N(C)Cc1csc(C)n1.I. The summed E-state index contributed by atoms with van der Waals surface area (Å²) >= 11 is 1.70. The van der Waals surface area contributed by atoms with Crippen LogP contribution in [-0.4, -0.2) is 60.5 Å². The average molecular weight is 481 g/mol. The molecular weight excluding hydrogens is 445 g/mol.